The standard InChI is InChI=1S/C12H12ClF3N2O2S/c1-2-17-11(20)18-10(19)6-21-7-3-4-9(13)8(5-7)12(14,15)16/h3-5H,2,6H2,1H3,(H2,17,18,19,20). The molecule has 0 unspecified atom stereocenters. The molecule has 0 aliphatic heterocycles. The van der Waals surface area contributed by atoms with E-state index in [1.54, 1.807) is 6.92 Å². The topological polar surface area (TPSA) is 58.2 Å². The van der Waals surface area contributed by atoms with Crippen LogP contribution in [0.5, 0.6) is 0 Å². The van der Waals surface area contributed by atoms with Crippen molar-refractivity contribution in [3.05, 3.63) is 28.8 Å². The van der Waals surface area contributed by atoms with Crippen LogP contribution in [0.1, 0.15) is 12.5 Å². The fraction of sp³-hybridized carbons (Fsp3) is 0.333. The molecular formula is C12H12ClF3N2O2S. The van der Waals surface area contributed by atoms with Gasteiger partial charge in [0.2, 0.25) is 5.91 Å². The molecule has 0 saturated heterocycles. The third kappa shape index (κ3) is 5.84. The lowest BCUT2D eigenvalue weighted by molar-refractivity contribution is -0.137. The van der Waals surface area contributed by atoms with Gasteiger partial charge >= 0.3 is 12.2 Å². The maximum Gasteiger partial charge on any atom is 0.417 e. The fourth-order valence-corrected chi connectivity index (χ4v) is 2.29. The minimum absolute atomic E-state index is 0.184. The molecule has 0 fully saturated rings. The number of hydrogen-bond acceptors (Lipinski definition) is 3. The lowest BCUT2D eigenvalue weighted by Gasteiger charge is -2.10. The van der Waals surface area contributed by atoms with E-state index < -0.39 is 28.7 Å². The molecule has 116 valence electrons. The Labute approximate surface area is 128 Å². The van der Waals surface area contributed by atoms with Gasteiger partial charge in [0.05, 0.1) is 16.3 Å². The predicted octanol–water partition coefficient (Wildman–Crippen LogP) is 3.30. The van der Waals surface area contributed by atoms with Crippen molar-refractivity contribution in [2.75, 3.05) is 12.3 Å². The second kappa shape index (κ2) is 7.56. The molecule has 0 bridgehead atoms. The smallest absolute Gasteiger partial charge is 0.338 e. The van der Waals surface area contributed by atoms with Crippen molar-refractivity contribution in [2.24, 2.45) is 0 Å². The molecule has 0 saturated carbocycles. The quantitative estimate of drug-likeness (QED) is 0.827. The van der Waals surface area contributed by atoms with Crippen LogP contribution in [-0.4, -0.2) is 24.2 Å². The van der Waals surface area contributed by atoms with Gasteiger partial charge in [0.1, 0.15) is 0 Å². The van der Waals surface area contributed by atoms with Gasteiger partial charge in [0.25, 0.3) is 0 Å². The molecule has 0 atom stereocenters. The zero-order valence-electron chi connectivity index (χ0n) is 10.9. The van der Waals surface area contributed by atoms with E-state index in [2.05, 4.69) is 5.32 Å². The first kappa shape index (κ1) is 17.6. The SMILES string of the molecule is CCNC(=O)NC(=O)CSc1ccc(Cl)c(C(F)(F)F)c1. The van der Waals surface area contributed by atoms with Gasteiger partial charge in [-0.3, -0.25) is 10.1 Å². The first-order valence-corrected chi connectivity index (χ1v) is 7.17. The minimum Gasteiger partial charge on any atom is -0.338 e. The summed E-state index contributed by atoms with van der Waals surface area (Å²) in [5.74, 6) is -0.787. The first-order chi connectivity index (χ1) is 9.74. The van der Waals surface area contributed by atoms with Crippen molar-refractivity contribution in [3.8, 4) is 0 Å². The van der Waals surface area contributed by atoms with Gasteiger partial charge in [-0.2, -0.15) is 13.2 Å². The molecule has 9 heteroatoms. The number of amides is 3. The van der Waals surface area contributed by atoms with E-state index in [1.807, 2.05) is 5.32 Å². The molecule has 0 radical (unpaired) electrons. The Morgan fingerprint density at radius 2 is 2.00 bits per heavy atom. The Bertz CT molecular complexity index is 538. The van der Waals surface area contributed by atoms with Gasteiger partial charge in [0, 0.05) is 11.4 Å². The van der Waals surface area contributed by atoms with Gasteiger partial charge in [-0.1, -0.05) is 11.6 Å². The first-order valence-electron chi connectivity index (χ1n) is 5.81. The van der Waals surface area contributed by atoms with Crippen LogP contribution in [0.25, 0.3) is 0 Å². The maximum absolute atomic E-state index is 12.7. The molecule has 0 aliphatic rings. The lowest BCUT2D eigenvalue weighted by Crippen LogP contribution is -2.40. The highest BCUT2D eigenvalue weighted by Crippen LogP contribution is 2.36. The van der Waals surface area contributed by atoms with Gasteiger partial charge < -0.3 is 5.32 Å². The Morgan fingerprint density at radius 3 is 2.57 bits per heavy atom. The number of alkyl halides is 3. The van der Waals surface area contributed by atoms with Crippen molar-refractivity contribution < 1.29 is 22.8 Å². The summed E-state index contributed by atoms with van der Waals surface area (Å²) in [5.41, 5.74) is -0.960. The Hall–Kier alpha value is -1.41. The highest BCUT2D eigenvalue weighted by atomic mass is 35.5. The molecule has 0 spiro atoms. The Kier molecular flexibility index (Phi) is 6.35. The number of nitrogens with one attached hydrogen (secondary N) is 2. The molecule has 3 amide bonds. The minimum atomic E-state index is -4.56. The Morgan fingerprint density at radius 1 is 1.33 bits per heavy atom. The van der Waals surface area contributed by atoms with Crippen molar-refractivity contribution in [1.82, 2.24) is 10.6 Å². The Balaban J connectivity index is 2.64. The summed E-state index contributed by atoms with van der Waals surface area (Å²) in [6, 6.07) is 2.72. The number of thioether (sulfide) groups is 1. The van der Waals surface area contributed by atoms with Crippen molar-refractivity contribution in [3.63, 3.8) is 0 Å². The van der Waals surface area contributed by atoms with Gasteiger partial charge in [-0.15, -0.1) is 11.8 Å². The maximum atomic E-state index is 12.7. The van der Waals surface area contributed by atoms with E-state index >= 15 is 0 Å². The summed E-state index contributed by atoms with van der Waals surface area (Å²) in [4.78, 5) is 22.7. The molecule has 1 aromatic rings. The largest absolute Gasteiger partial charge is 0.417 e. The summed E-state index contributed by atoms with van der Waals surface area (Å²) in [6.07, 6.45) is -4.56. The average Bonchev–Trinajstić information content (AvgIpc) is 2.36. The fourth-order valence-electron chi connectivity index (χ4n) is 1.33. The number of hydrogen-bond donors (Lipinski definition) is 2. The summed E-state index contributed by atoms with van der Waals surface area (Å²) in [7, 11) is 0. The molecule has 0 heterocycles. The molecule has 0 aromatic heterocycles. The number of carbonyl (C=O) groups excluding carboxylic acids is 2. The summed E-state index contributed by atoms with van der Waals surface area (Å²) < 4.78 is 38.0. The average molecular weight is 341 g/mol. The van der Waals surface area contributed by atoms with Crippen LogP contribution >= 0.6 is 23.4 Å². The van der Waals surface area contributed by atoms with E-state index in [9.17, 15) is 22.8 Å². The van der Waals surface area contributed by atoms with Gasteiger partial charge in [-0.05, 0) is 25.1 Å². The van der Waals surface area contributed by atoms with Crippen molar-refractivity contribution >= 4 is 35.3 Å². The third-order valence-corrected chi connectivity index (χ3v) is 3.53. The lowest BCUT2D eigenvalue weighted by atomic mass is 10.2. The molecule has 4 nitrogen and oxygen atoms in total. The van der Waals surface area contributed by atoms with Crippen LogP contribution in [-0.2, 0) is 11.0 Å². The van der Waals surface area contributed by atoms with Crippen molar-refractivity contribution in [2.45, 2.75) is 18.0 Å². The van der Waals surface area contributed by atoms with Crippen LogP contribution in [0.4, 0.5) is 18.0 Å². The highest BCUT2D eigenvalue weighted by molar-refractivity contribution is 8.00. The van der Waals surface area contributed by atoms with Gasteiger partial charge in [0.15, 0.2) is 0 Å². The zero-order valence-corrected chi connectivity index (χ0v) is 12.5. The van der Waals surface area contributed by atoms with Gasteiger partial charge in [-0.25, -0.2) is 4.79 Å². The molecule has 1 rings (SSSR count). The number of rotatable bonds is 4. The summed E-state index contributed by atoms with van der Waals surface area (Å²) in [5, 5.41) is 4.01. The van der Waals surface area contributed by atoms with Crippen LogP contribution in [0.2, 0.25) is 5.02 Å². The van der Waals surface area contributed by atoms with E-state index in [0.29, 0.717) is 6.54 Å². The number of benzene rings is 1. The highest BCUT2D eigenvalue weighted by Gasteiger charge is 2.33. The predicted molar refractivity (Wildman–Crippen MR) is 74.4 cm³/mol. The molecular weight excluding hydrogens is 329 g/mol. The summed E-state index contributed by atoms with van der Waals surface area (Å²) >= 11 is 6.36. The van der Waals surface area contributed by atoms with Crippen molar-refractivity contribution in [1.29, 1.82) is 0 Å². The number of urea groups is 1. The van der Waals surface area contributed by atoms with Crippen LogP contribution in [0.15, 0.2) is 23.1 Å². The second-order valence-electron chi connectivity index (χ2n) is 3.84. The van der Waals surface area contributed by atoms with Crippen LogP contribution in [0.3, 0.4) is 0 Å². The second-order valence-corrected chi connectivity index (χ2v) is 5.29. The van der Waals surface area contributed by atoms with E-state index in [0.717, 1.165) is 23.9 Å². The van der Waals surface area contributed by atoms with Crippen LogP contribution < -0.4 is 10.6 Å². The van der Waals surface area contributed by atoms with Crippen LogP contribution in [0, 0.1) is 0 Å². The normalized spacial score (nSPS) is 11.1. The third-order valence-electron chi connectivity index (χ3n) is 2.20. The number of imide groups is 1. The molecule has 2 N–H and O–H groups in total. The molecule has 0 aliphatic carbocycles. The zero-order chi connectivity index (χ0) is 16.0. The molecule has 21 heavy (non-hydrogen) atoms. The van der Waals surface area contributed by atoms with E-state index in [1.165, 1.54) is 6.07 Å². The summed E-state index contributed by atoms with van der Waals surface area (Å²) in [6.45, 7) is 2.05. The number of carbonyl (C=O) groups is 2. The van der Waals surface area contributed by atoms with E-state index in [4.69, 9.17) is 11.6 Å². The number of halogens is 4. The monoisotopic (exact) mass is 340 g/mol. The molecule has 1 aromatic carbocycles. The van der Waals surface area contributed by atoms with E-state index in [-0.39, 0.29) is 10.6 Å².